The average molecular weight is 275 g/mol. The number of hydrogen-bond donors (Lipinski definition) is 2. The number of benzene rings is 1. The molecule has 5 heteroatoms. The lowest BCUT2D eigenvalue weighted by molar-refractivity contribution is -0.120. The fourth-order valence-electron chi connectivity index (χ4n) is 1.94. The van der Waals surface area contributed by atoms with Crippen LogP contribution in [0.1, 0.15) is 38.8 Å². The largest absolute Gasteiger partial charge is 0.494 e. The van der Waals surface area contributed by atoms with Crippen LogP contribution in [0, 0.1) is 0 Å². The summed E-state index contributed by atoms with van der Waals surface area (Å²) in [5, 5.41) is 5.86. The van der Waals surface area contributed by atoms with Crippen molar-refractivity contribution in [2.75, 3.05) is 6.61 Å². The van der Waals surface area contributed by atoms with E-state index in [1.54, 1.807) is 0 Å². The van der Waals surface area contributed by atoms with E-state index in [1.165, 1.54) is 0 Å². The van der Waals surface area contributed by atoms with E-state index in [0.717, 1.165) is 17.7 Å². The summed E-state index contributed by atoms with van der Waals surface area (Å²) < 4.78 is 5.52. The molecule has 5 nitrogen and oxygen atoms in total. The van der Waals surface area contributed by atoms with Crippen LogP contribution in [0.25, 0.3) is 0 Å². The topological polar surface area (TPSA) is 62.7 Å². The number of hydrogen-bond acceptors (Lipinski definition) is 4. The molecule has 1 atom stereocenters. The van der Waals surface area contributed by atoms with Crippen LogP contribution in [0.5, 0.6) is 5.75 Å². The zero-order valence-electron chi connectivity index (χ0n) is 12.1. The van der Waals surface area contributed by atoms with Gasteiger partial charge in [-0.05, 0) is 38.0 Å². The van der Waals surface area contributed by atoms with Gasteiger partial charge in [0.2, 0.25) is 0 Å². The summed E-state index contributed by atoms with van der Waals surface area (Å²) in [6.45, 7) is 6.77. The summed E-state index contributed by atoms with van der Waals surface area (Å²) >= 11 is 0. The van der Waals surface area contributed by atoms with Gasteiger partial charge in [0.05, 0.1) is 6.61 Å². The summed E-state index contributed by atoms with van der Waals surface area (Å²) in [5.74, 6) is 1.26. The van der Waals surface area contributed by atoms with Crippen molar-refractivity contribution in [3.63, 3.8) is 0 Å². The third kappa shape index (κ3) is 3.50. The van der Waals surface area contributed by atoms with Gasteiger partial charge in [-0.25, -0.2) is 4.99 Å². The van der Waals surface area contributed by atoms with Gasteiger partial charge in [-0.2, -0.15) is 0 Å². The lowest BCUT2D eigenvalue weighted by atomic mass is 10.1. The molecule has 0 aromatic heterocycles. The van der Waals surface area contributed by atoms with Crippen LogP contribution in [-0.2, 0) is 4.79 Å². The number of nitrogens with zero attached hydrogens (tertiary/aromatic N) is 1. The van der Waals surface area contributed by atoms with Gasteiger partial charge in [0, 0.05) is 6.04 Å². The highest BCUT2D eigenvalue weighted by Gasteiger charge is 2.27. The molecule has 0 saturated carbocycles. The van der Waals surface area contributed by atoms with Crippen molar-refractivity contribution in [2.45, 2.75) is 39.3 Å². The lowest BCUT2D eigenvalue weighted by Gasteiger charge is -2.07. The smallest absolute Gasteiger partial charge is 0.256 e. The van der Waals surface area contributed by atoms with E-state index in [9.17, 15) is 4.79 Å². The molecule has 0 aliphatic carbocycles. The van der Waals surface area contributed by atoms with E-state index < -0.39 is 6.04 Å². The van der Waals surface area contributed by atoms with Crippen molar-refractivity contribution in [1.29, 1.82) is 0 Å². The molecule has 2 rings (SSSR count). The Balaban J connectivity index is 2.07. The third-order valence-electron chi connectivity index (χ3n) is 2.84. The minimum Gasteiger partial charge on any atom is -0.494 e. The van der Waals surface area contributed by atoms with Gasteiger partial charge >= 0.3 is 0 Å². The Hall–Kier alpha value is -2.04. The van der Waals surface area contributed by atoms with Gasteiger partial charge in [-0.15, -0.1) is 0 Å². The number of amides is 1. The van der Waals surface area contributed by atoms with Crippen LogP contribution >= 0.6 is 0 Å². The van der Waals surface area contributed by atoms with Crippen molar-refractivity contribution in [1.82, 2.24) is 10.6 Å². The molecule has 1 aliphatic rings. The molecular formula is C15H21N3O2. The second kappa shape index (κ2) is 6.41. The lowest BCUT2D eigenvalue weighted by Crippen LogP contribution is -2.40. The highest BCUT2D eigenvalue weighted by molar-refractivity contribution is 6.05. The number of aliphatic imine (C=N–C) groups is 1. The summed E-state index contributed by atoms with van der Waals surface area (Å²) in [4.78, 5) is 16.3. The van der Waals surface area contributed by atoms with Crippen molar-refractivity contribution < 1.29 is 9.53 Å². The Morgan fingerprint density at radius 1 is 1.35 bits per heavy atom. The van der Waals surface area contributed by atoms with E-state index in [0.29, 0.717) is 12.6 Å². The van der Waals surface area contributed by atoms with Crippen LogP contribution in [0.4, 0.5) is 0 Å². The van der Waals surface area contributed by atoms with Gasteiger partial charge in [-0.3, -0.25) is 10.1 Å². The van der Waals surface area contributed by atoms with E-state index >= 15 is 0 Å². The van der Waals surface area contributed by atoms with E-state index in [-0.39, 0.29) is 11.9 Å². The highest BCUT2D eigenvalue weighted by atomic mass is 16.5. The minimum absolute atomic E-state index is 0.102. The molecule has 0 bridgehead atoms. The second-order valence-corrected chi connectivity index (χ2v) is 5.09. The van der Waals surface area contributed by atoms with Crippen LogP contribution in [0.2, 0.25) is 0 Å². The summed E-state index contributed by atoms with van der Waals surface area (Å²) in [6, 6.07) is 7.28. The van der Waals surface area contributed by atoms with Crippen LogP contribution in [-0.4, -0.2) is 24.5 Å². The first-order valence-corrected chi connectivity index (χ1v) is 6.98. The molecule has 0 spiro atoms. The maximum absolute atomic E-state index is 11.9. The fourth-order valence-corrected chi connectivity index (χ4v) is 1.94. The van der Waals surface area contributed by atoms with E-state index in [2.05, 4.69) is 22.5 Å². The van der Waals surface area contributed by atoms with E-state index in [1.807, 2.05) is 38.1 Å². The monoisotopic (exact) mass is 275 g/mol. The number of rotatable bonds is 5. The molecule has 0 saturated heterocycles. The molecule has 1 amide bonds. The Bertz CT molecular complexity index is 494. The van der Waals surface area contributed by atoms with Crippen molar-refractivity contribution in [2.24, 2.45) is 4.99 Å². The summed E-state index contributed by atoms with van der Waals surface area (Å²) in [6.07, 6.45) is 0.974. The predicted molar refractivity (Wildman–Crippen MR) is 78.8 cm³/mol. The zero-order chi connectivity index (χ0) is 14.5. The van der Waals surface area contributed by atoms with Crippen LogP contribution < -0.4 is 15.4 Å². The standard InChI is InChI=1S/C15H21N3O2/c1-4-9-20-12-7-5-11(6-8-12)13-14(19)18-15(17-13)16-10(2)3/h5-8,10,13H,4,9H2,1-3H3,(H2,16,17,18,19). The number of ether oxygens (including phenoxy) is 1. The van der Waals surface area contributed by atoms with Crippen LogP contribution in [0.15, 0.2) is 29.3 Å². The van der Waals surface area contributed by atoms with Gasteiger partial charge in [0.15, 0.2) is 12.0 Å². The van der Waals surface area contributed by atoms with Gasteiger partial charge in [-0.1, -0.05) is 19.1 Å². The van der Waals surface area contributed by atoms with Crippen molar-refractivity contribution >= 4 is 11.9 Å². The third-order valence-corrected chi connectivity index (χ3v) is 2.84. The Morgan fingerprint density at radius 3 is 2.65 bits per heavy atom. The molecule has 2 N–H and O–H groups in total. The first-order chi connectivity index (χ1) is 9.60. The Morgan fingerprint density at radius 2 is 2.05 bits per heavy atom. The molecule has 1 aromatic carbocycles. The molecule has 1 heterocycles. The van der Waals surface area contributed by atoms with Crippen molar-refractivity contribution in [3.8, 4) is 5.75 Å². The summed E-state index contributed by atoms with van der Waals surface area (Å²) in [5.41, 5.74) is 0.868. The van der Waals surface area contributed by atoms with Crippen molar-refractivity contribution in [3.05, 3.63) is 29.8 Å². The SMILES string of the molecule is CCCOc1ccc(C2N=C(NC(C)C)NC2=O)cc1. The number of guanidine groups is 1. The Kier molecular flexibility index (Phi) is 4.61. The molecular weight excluding hydrogens is 254 g/mol. The van der Waals surface area contributed by atoms with Gasteiger partial charge in [0.25, 0.3) is 5.91 Å². The molecule has 1 aromatic rings. The first kappa shape index (κ1) is 14.4. The van der Waals surface area contributed by atoms with Gasteiger partial charge in [0.1, 0.15) is 5.75 Å². The molecule has 0 radical (unpaired) electrons. The maximum atomic E-state index is 11.9. The molecule has 1 unspecified atom stereocenters. The quantitative estimate of drug-likeness (QED) is 0.864. The number of carbonyl (C=O) groups is 1. The normalized spacial score (nSPS) is 17.9. The zero-order valence-corrected chi connectivity index (χ0v) is 12.1. The minimum atomic E-state index is -0.475. The maximum Gasteiger partial charge on any atom is 0.256 e. The Labute approximate surface area is 119 Å². The molecule has 1 aliphatic heterocycles. The average Bonchev–Trinajstić information content (AvgIpc) is 2.77. The van der Waals surface area contributed by atoms with Crippen LogP contribution in [0.3, 0.4) is 0 Å². The second-order valence-electron chi connectivity index (χ2n) is 5.09. The summed E-state index contributed by atoms with van der Waals surface area (Å²) in [7, 11) is 0. The molecule has 0 fully saturated rings. The molecule has 108 valence electrons. The fraction of sp³-hybridized carbons (Fsp3) is 0.467. The van der Waals surface area contributed by atoms with E-state index in [4.69, 9.17) is 4.74 Å². The molecule has 20 heavy (non-hydrogen) atoms. The van der Waals surface area contributed by atoms with Gasteiger partial charge < -0.3 is 10.1 Å². The predicted octanol–water partition coefficient (Wildman–Crippen LogP) is 2.00. The number of carbonyl (C=O) groups excluding carboxylic acids is 1. The highest BCUT2D eigenvalue weighted by Crippen LogP contribution is 2.23. The first-order valence-electron chi connectivity index (χ1n) is 6.98. The number of nitrogens with one attached hydrogen (secondary N) is 2.